The van der Waals surface area contributed by atoms with Crippen molar-refractivity contribution in [1.29, 1.82) is 0 Å². The average Bonchev–Trinajstić information content (AvgIpc) is 2.24. The highest BCUT2D eigenvalue weighted by Gasteiger charge is 2.60. The summed E-state index contributed by atoms with van der Waals surface area (Å²) in [5, 5.41) is 0. The Morgan fingerprint density at radius 3 is 2.06 bits per heavy atom. The second-order valence-corrected chi connectivity index (χ2v) is 2.77. The van der Waals surface area contributed by atoms with Crippen LogP contribution in [0.3, 0.4) is 0 Å². The summed E-state index contributed by atoms with van der Waals surface area (Å²) < 4.78 is 73.9. The van der Waals surface area contributed by atoms with Gasteiger partial charge in [0.05, 0.1) is 20.3 Å². The highest BCUT2D eigenvalue weighted by atomic mass is 19.3. The fourth-order valence-corrected chi connectivity index (χ4v) is 0.723. The smallest absolute Gasteiger partial charge is 0.448 e. The van der Waals surface area contributed by atoms with Gasteiger partial charge in [-0.25, -0.2) is 9.18 Å². The molecule has 0 aliphatic carbocycles. The van der Waals surface area contributed by atoms with Crippen LogP contribution in [0.15, 0.2) is 0 Å². The van der Waals surface area contributed by atoms with Crippen LogP contribution in [-0.2, 0) is 19.0 Å². The Kier molecular flexibility index (Phi) is 5.76. The summed E-state index contributed by atoms with van der Waals surface area (Å²) in [6.07, 6.45) is -12.5. The van der Waals surface area contributed by atoms with E-state index in [2.05, 4.69) is 14.2 Å². The fourth-order valence-electron chi connectivity index (χ4n) is 0.723. The number of halogens is 5. The van der Waals surface area contributed by atoms with Gasteiger partial charge in [0.2, 0.25) is 6.17 Å². The molecule has 0 aliphatic rings. The van der Waals surface area contributed by atoms with Crippen molar-refractivity contribution in [2.75, 3.05) is 20.3 Å². The first-order valence-electron chi connectivity index (χ1n) is 4.43. The van der Waals surface area contributed by atoms with Gasteiger partial charge in [-0.05, 0) is 6.92 Å². The molecule has 0 rings (SSSR count). The summed E-state index contributed by atoms with van der Waals surface area (Å²) in [5.74, 6) is -1.50. The third-order valence-corrected chi connectivity index (χ3v) is 1.53. The Morgan fingerprint density at radius 1 is 1.18 bits per heavy atom. The maximum Gasteiger partial charge on any atom is 0.448 e. The molecule has 0 aromatic heterocycles. The Balaban J connectivity index is 4.40. The molecule has 0 saturated heterocycles. The molecule has 0 fully saturated rings. The zero-order valence-corrected chi connectivity index (χ0v) is 9.01. The molecule has 0 saturated carbocycles. The van der Waals surface area contributed by atoms with Crippen molar-refractivity contribution in [2.45, 2.75) is 25.3 Å². The van der Waals surface area contributed by atoms with E-state index in [9.17, 15) is 26.7 Å². The molecule has 0 heterocycles. The number of methoxy groups -OCH3 is 1. The van der Waals surface area contributed by atoms with Crippen molar-refractivity contribution < 1.29 is 41.0 Å². The normalized spacial score (nSPS) is 14.5. The molecule has 17 heavy (non-hydrogen) atoms. The van der Waals surface area contributed by atoms with Gasteiger partial charge in [-0.15, -0.1) is 0 Å². The molecule has 0 amide bonds. The van der Waals surface area contributed by atoms with Crippen molar-refractivity contribution in [1.82, 2.24) is 0 Å². The predicted molar refractivity (Wildman–Crippen MR) is 44.4 cm³/mol. The minimum absolute atomic E-state index is 0.692. The zero-order chi connectivity index (χ0) is 13.7. The SMILES string of the molecule is CCOC(F)(F)C(F)(F)OCC(F)C(=O)OC. The summed E-state index contributed by atoms with van der Waals surface area (Å²) in [7, 11) is 0.807. The molecular formula is C8H11F5O4. The van der Waals surface area contributed by atoms with Gasteiger partial charge < -0.3 is 14.2 Å². The number of rotatable bonds is 7. The van der Waals surface area contributed by atoms with Crippen LogP contribution in [0.4, 0.5) is 22.0 Å². The minimum atomic E-state index is -5.04. The topological polar surface area (TPSA) is 44.8 Å². The number of alkyl halides is 5. The number of carbonyl (C=O) groups excluding carboxylic acids is 1. The van der Waals surface area contributed by atoms with Crippen LogP contribution in [0.1, 0.15) is 6.92 Å². The van der Waals surface area contributed by atoms with Crippen LogP contribution in [0, 0.1) is 0 Å². The predicted octanol–water partition coefficient (Wildman–Crippen LogP) is 1.74. The van der Waals surface area contributed by atoms with Gasteiger partial charge in [0.15, 0.2) is 0 Å². The van der Waals surface area contributed by atoms with Gasteiger partial charge in [0.1, 0.15) is 0 Å². The Bertz CT molecular complexity index is 258. The lowest BCUT2D eigenvalue weighted by Crippen LogP contribution is -2.46. The van der Waals surface area contributed by atoms with Crippen LogP contribution in [0.5, 0.6) is 0 Å². The van der Waals surface area contributed by atoms with Crippen LogP contribution in [0.2, 0.25) is 0 Å². The number of esters is 1. The van der Waals surface area contributed by atoms with E-state index in [1.165, 1.54) is 0 Å². The number of hydrogen-bond acceptors (Lipinski definition) is 4. The monoisotopic (exact) mass is 266 g/mol. The van der Waals surface area contributed by atoms with Crippen molar-refractivity contribution in [3.63, 3.8) is 0 Å². The summed E-state index contributed by atoms with van der Waals surface area (Å²) in [6.45, 7) is -1.19. The zero-order valence-electron chi connectivity index (χ0n) is 9.01. The first-order chi connectivity index (χ1) is 7.68. The van der Waals surface area contributed by atoms with E-state index in [1.807, 2.05) is 0 Å². The maximum absolute atomic E-state index is 12.7. The molecule has 0 aliphatic heterocycles. The lowest BCUT2D eigenvalue weighted by Gasteiger charge is -2.25. The molecule has 0 bridgehead atoms. The van der Waals surface area contributed by atoms with Gasteiger partial charge >= 0.3 is 18.2 Å². The standard InChI is InChI=1S/C8H11F5O4/c1-3-16-7(10,11)8(12,13)17-4-5(9)6(14)15-2/h5H,3-4H2,1-2H3. The summed E-state index contributed by atoms with van der Waals surface area (Å²) in [4.78, 5) is 10.5. The van der Waals surface area contributed by atoms with Crippen molar-refractivity contribution >= 4 is 5.97 Å². The molecule has 9 heteroatoms. The van der Waals surface area contributed by atoms with E-state index in [1.54, 1.807) is 0 Å². The maximum atomic E-state index is 12.7. The number of hydrogen-bond donors (Lipinski definition) is 0. The van der Waals surface area contributed by atoms with Crippen molar-refractivity contribution in [3.05, 3.63) is 0 Å². The lowest BCUT2D eigenvalue weighted by molar-refractivity contribution is -0.430. The van der Waals surface area contributed by atoms with E-state index in [0.717, 1.165) is 14.0 Å². The van der Waals surface area contributed by atoms with Gasteiger partial charge in [-0.1, -0.05) is 0 Å². The molecule has 1 atom stereocenters. The minimum Gasteiger partial charge on any atom is -0.467 e. The first kappa shape index (κ1) is 16.0. The van der Waals surface area contributed by atoms with E-state index in [-0.39, 0.29) is 0 Å². The van der Waals surface area contributed by atoms with Gasteiger partial charge in [-0.2, -0.15) is 17.6 Å². The fraction of sp³-hybridized carbons (Fsp3) is 0.875. The van der Waals surface area contributed by atoms with Gasteiger partial charge in [0.25, 0.3) is 0 Å². The summed E-state index contributed by atoms with van der Waals surface area (Å²) in [5.41, 5.74) is 0. The molecule has 0 N–H and O–H groups in total. The molecule has 102 valence electrons. The molecule has 0 radical (unpaired) electrons. The van der Waals surface area contributed by atoms with E-state index in [4.69, 9.17) is 0 Å². The van der Waals surface area contributed by atoms with Crippen LogP contribution >= 0.6 is 0 Å². The highest BCUT2D eigenvalue weighted by molar-refractivity contribution is 5.74. The van der Waals surface area contributed by atoms with Gasteiger partial charge in [-0.3, -0.25) is 0 Å². The van der Waals surface area contributed by atoms with Crippen molar-refractivity contribution in [2.24, 2.45) is 0 Å². The highest BCUT2D eigenvalue weighted by Crippen LogP contribution is 2.36. The van der Waals surface area contributed by atoms with Crippen LogP contribution < -0.4 is 0 Å². The Morgan fingerprint density at radius 2 is 1.65 bits per heavy atom. The molecule has 0 spiro atoms. The van der Waals surface area contributed by atoms with Gasteiger partial charge in [0, 0.05) is 0 Å². The first-order valence-corrected chi connectivity index (χ1v) is 4.43. The van der Waals surface area contributed by atoms with Crippen LogP contribution in [0.25, 0.3) is 0 Å². The second-order valence-electron chi connectivity index (χ2n) is 2.77. The molecule has 0 aromatic rings. The quantitative estimate of drug-likeness (QED) is 0.520. The average molecular weight is 266 g/mol. The molecule has 0 aromatic carbocycles. The Labute approximate surface area is 93.6 Å². The number of carbonyl (C=O) groups is 1. The van der Waals surface area contributed by atoms with Crippen molar-refractivity contribution in [3.8, 4) is 0 Å². The number of ether oxygens (including phenoxy) is 3. The molecular weight excluding hydrogens is 255 g/mol. The molecule has 4 nitrogen and oxygen atoms in total. The second kappa shape index (κ2) is 6.10. The Hall–Kier alpha value is -0.960. The molecule has 1 unspecified atom stereocenters. The third-order valence-electron chi connectivity index (χ3n) is 1.53. The van der Waals surface area contributed by atoms with E-state index < -0.39 is 37.6 Å². The summed E-state index contributed by atoms with van der Waals surface area (Å²) >= 11 is 0. The largest absolute Gasteiger partial charge is 0.467 e. The third kappa shape index (κ3) is 4.43. The van der Waals surface area contributed by atoms with E-state index >= 15 is 0 Å². The van der Waals surface area contributed by atoms with E-state index in [0.29, 0.717) is 0 Å². The summed E-state index contributed by atoms with van der Waals surface area (Å²) in [6, 6.07) is 0. The van der Waals surface area contributed by atoms with Crippen LogP contribution in [-0.4, -0.2) is 44.7 Å². The lowest BCUT2D eigenvalue weighted by atomic mass is 10.4.